The van der Waals surface area contributed by atoms with Crippen LogP contribution in [0.4, 0.5) is 10.5 Å². The number of carbonyl (C=O) groups excluding carboxylic acids is 1. The molecule has 0 unspecified atom stereocenters. The van der Waals surface area contributed by atoms with Crippen molar-refractivity contribution < 1.29 is 4.79 Å². The second kappa shape index (κ2) is 8.80. The molecule has 2 amide bonds. The van der Waals surface area contributed by atoms with Crippen molar-refractivity contribution in [1.29, 1.82) is 0 Å². The molecular weight excluding hydrogens is 328 g/mol. The van der Waals surface area contributed by atoms with Crippen molar-refractivity contribution in [3.63, 3.8) is 0 Å². The number of piperidine rings is 1. The number of carbonyl (C=O) groups is 1. The minimum Gasteiger partial charge on any atom is -0.336 e. The Morgan fingerprint density at radius 2 is 2.23 bits per heavy atom. The van der Waals surface area contributed by atoms with Crippen molar-refractivity contribution >= 4 is 11.7 Å². The first kappa shape index (κ1) is 18.4. The van der Waals surface area contributed by atoms with Crippen LogP contribution in [-0.4, -0.2) is 51.6 Å². The fraction of sp³-hybridized carbons (Fsp3) is 0.526. The zero-order chi connectivity index (χ0) is 18.4. The van der Waals surface area contributed by atoms with Gasteiger partial charge in [0, 0.05) is 24.8 Å². The maximum atomic E-state index is 12.3. The van der Waals surface area contributed by atoms with Crippen molar-refractivity contribution in [2.75, 3.05) is 25.0 Å². The zero-order valence-electron chi connectivity index (χ0n) is 15.6. The van der Waals surface area contributed by atoms with Crippen LogP contribution in [0, 0.1) is 5.92 Å². The van der Waals surface area contributed by atoms with Gasteiger partial charge in [0.1, 0.15) is 0 Å². The summed E-state index contributed by atoms with van der Waals surface area (Å²) in [5, 5.41) is 13.7. The molecule has 140 valence electrons. The van der Waals surface area contributed by atoms with Gasteiger partial charge in [-0.1, -0.05) is 31.5 Å². The fourth-order valence-corrected chi connectivity index (χ4v) is 3.46. The summed E-state index contributed by atoms with van der Waals surface area (Å²) >= 11 is 0. The maximum Gasteiger partial charge on any atom is 0.319 e. The third-order valence-electron chi connectivity index (χ3n) is 4.64. The second-order valence-electron chi connectivity index (χ2n) is 7.27. The molecule has 0 aliphatic carbocycles. The Morgan fingerprint density at radius 1 is 1.35 bits per heavy atom. The highest BCUT2D eigenvalue weighted by atomic mass is 16.2. The van der Waals surface area contributed by atoms with Gasteiger partial charge in [-0.25, -0.2) is 9.48 Å². The molecule has 0 saturated carbocycles. The van der Waals surface area contributed by atoms with E-state index in [4.69, 9.17) is 0 Å². The van der Waals surface area contributed by atoms with Crippen LogP contribution >= 0.6 is 0 Å². The third-order valence-corrected chi connectivity index (χ3v) is 4.64. The van der Waals surface area contributed by atoms with Gasteiger partial charge < -0.3 is 10.6 Å². The van der Waals surface area contributed by atoms with Gasteiger partial charge >= 0.3 is 6.03 Å². The monoisotopic (exact) mass is 356 g/mol. The number of aromatic nitrogens is 3. The molecular formula is C19H28N6O. The molecule has 1 atom stereocenters. The largest absolute Gasteiger partial charge is 0.336 e. The summed E-state index contributed by atoms with van der Waals surface area (Å²) in [7, 11) is 0. The number of anilines is 1. The van der Waals surface area contributed by atoms with Crippen LogP contribution in [0.3, 0.4) is 0 Å². The van der Waals surface area contributed by atoms with Gasteiger partial charge in [0.15, 0.2) is 0 Å². The number of hydrogen-bond donors (Lipinski definition) is 2. The first-order valence-corrected chi connectivity index (χ1v) is 9.37. The van der Waals surface area contributed by atoms with Crippen LogP contribution in [0.25, 0.3) is 5.69 Å². The van der Waals surface area contributed by atoms with Gasteiger partial charge in [-0.2, -0.15) is 0 Å². The van der Waals surface area contributed by atoms with E-state index in [1.165, 1.54) is 12.8 Å². The molecule has 1 aromatic carbocycles. The normalized spacial score (nSPS) is 18.0. The van der Waals surface area contributed by atoms with Crippen molar-refractivity contribution in [3.05, 3.63) is 36.7 Å². The lowest BCUT2D eigenvalue weighted by molar-refractivity contribution is 0.131. The van der Waals surface area contributed by atoms with E-state index < -0.39 is 0 Å². The Balaban J connectivity index is 1.53. The number of amides is 2. The summed E-state index contributed by atoms with van der Waals surface area (Å²) in [6.07, 6.45) is 7.03. The third kappa shape index (κ3) is 5.05. The summed E-state index contributed by atoms with van der Waals surface area (Å²) in [5.74, 6) is 0.643. The second-order valence-corrected chi connectivity index (χ2v) is 7.27. The predicted octanol–water partition coefficient (Wildman–Crippen LogP) is 2.90. The van der Waals surface area contributed by atoms with E-state index >= 15 is 0 Å². The van der Waals surface area contributed by atoms with Crippen LogP contribution in [0.5, 0.6) is 0 Å². The van der Waals surface area contributed by atoms with Crippen molar-refractivity contribution in [2.45, 2.75) is 39.2 Å². The number of rotatable bonds is 6. The molecule has 2 N–H and O–H groups in total. The van der Waals surface area contributed by atoms with Crippen LogP contribution in [0.2, 0.25) is 0 Å². The molecule has 0 spiro atoms. The molecule has 1 aliphatic heterocycles. The van der Waals surface area contributed by atoms with E-state index in [2.05, 4.69) is 39.7 Å². The molecule has 26 heavy (non-hydrogen) atoms. The van der Waals surface area contributed by atoms with Crippen LogP contribution in [0.15, 0.2) is 36.7 Å². The van der Waals surface area contributed by atoms with Crippen LogP contribution in [-0.2, 0) is 0 Å². The van der Waals surface area contributed by atoms with Gasteiger partial charge in [-0.3, -0.25) is 4.90 Å². The minimum atomic E-state index is -0.171. The van der Waals surface area contributed by atoms with Gasteiger partial charge in [-0.05, 0) is 43.5 Å². The van der Waals surface area contributed by atoms with Crippen LogP contribution < -0.4 is 10.6 Å². The van der Waals surface area contributed by atoms with E-state index in [9.17, 15) is 4.79 Å². The Hall–Kier alpha value is -2.41. The molecule has 1 aliphatic rings. The number of hydrogen-bond acceptors (Lipinski definition) is 4. The highest BCUT2D eigenvalue weighted by Gasteiger charge is 2.23. The highest BCUT2D eigenvalue weighted by molar-refractivity contribution is 5.89. The molecule has 0 radical (unpaired) electrons. The average Bonchev–Trinajstić information content (AvgIpc) is 3.15. The number of nitrogens with zero attached hydrogens (tertiary/aromatic N) is 4. The summed E-state index contributed by atoms with van der Waals surface area (Å²) < 4.78 is 1.66. The molecule has 1 fully saturated rings. The van der Waals surface area contributed by atoms with Crippen LogP contribution in [0.1, 0.15) is 33.1 Å². The average molecular weight is 356 g/mol. The topological polar surface area (TPSA) is 75.1 Å². The summed E-state index contributed by atoms with van der Waals surface area (Å²) in [4.78, 5) is 14.8. The molecule has 1 saturated heterocycles. The Kier molecular flexibility index (Phi) is 6.22. The Bertz CT molecular complexity index is 700. The van der Waals surface area contributed by atoms with E-state index in [0.29, 0.717) is 18.5 Å². The SMILES string of the molecule is CC(C)CN1CCCC[C@@H]1CNC(=O)Nc1cccc(-n2ccnn2)c1. The minimum absolute atomic E-state index is 0.171. The molecule has 0 bridgehead atoms. The van der Waals surface area contributed by atoms with E-state index in [1.807, 2.05) is 24.3 Å². The van der Waals surface area contributed by atoms with Crippen molar-refractivity contribution in [1.82, 2.24) is 25.2 Å². The smallest absolute Gasteiger partial charge is 0.319 e. The zero-order valence-corrected chi connectivity index (χ0v) is 15.6. The first-order chi connectivity index (χ1) is 12.6. The predicted molar refractivity (Wildman–Crippen MR) is 102 cm³/mol. The van der Waals surface area contributed by atoms with E-state index in [-0.39, 0.29) is 6.03 Å². The lowest BCUT2D eigenvalue weighted by Crippen LogP contribution is -2.48. The molecule has 2 heterocycles. The quantitative estimate of drug-likeness (QED) is 0.834. The molecule has 2 aromatic rings. The first-order valence-electron chi connectivity index (χ1n) is 9.37. The van der Waals surface area contributed by atoms with E-state index in [0.717, 1.165) is 30.9 Å². The van der Waals surface area contributed by atoms with Gasteiger partial charge in [0.05, 0.1) is 18.1 Å². The Morgan fingerprint density at radius 3 is 3.00 bits per heavy atom. The number of urea groups is 1. The summed E-state index contributed by atoms with van der Waals surface area (Å²) in [5.41, 5.74) is 1.59. The number of benzene rings is 1. The Labute approximate surface area is 154 Å². The van der Waals surface area contributed by atoms with Gasteiger partial charge in [0.25, 0.3) is 0 Å². The van der Waals surface area contributed by atoms with Crippen molar-refractivity contribution in [3.8, 4) is 5.69 Å². The molecule has 3 rings (SSSR count). The molecule has 7 heteroatoms. The van der Waals surface area contributed by atoms with Crippen molar-refractivity contribution in [2.24, 2.45) is 5.92 Å². The summed E-state index contributed by atoms with van der Waals surface area (Å²) in [6, 6.07) is 7.81. The lowest BCUT2D eigenvalue weighted by Gasteiger charge is -2.36. The van der Waals surface area contributed by atoms with Gasteiger partial charge in [0.2, 0.25) is 0 Å². The maximum absolute atomic E-state index is 12.3. The van der Waals surface area contributed by atoms with E-state index in [1.54, 1.807) is 17.1 Å². The lowest BCUT2D eigenvalue weighted by atomic mass is 10.0. The highest BCUT2D eigenvalue weighted by Crippen LogP contribution is 2.18. The number of likely N-dealkylation sites (tertiary alicyclic amines) is 1. The summed E-state index contributed by atoms with van der Waals surface area (Å²) in [6.45, 7) is 7.39. The number of nitrogens with one attached hydrogen (secondary N) is 2. The molecule has 7 nitrogen and oxygen atoms in total. The molecule has 1 aromatic heterocycles. The standard InChI is InChI=1S/C19H28N6O/c1-15(2)14-24-10-4-3-7-18(24)13-20-19(26)22-16-6-5-8-17(12-16)25-11-9-21-23-25/h5-6,8-9,11-12,15,18H,3-4,7,10,13-14H2,1-2H3,(H2,20,22,26)/t18-/m1/s1. The van der Waals surface area contributed by atoms with Gasteiger partial charge in [-0.15, -0.1) is 5.10 Å². The fourth-order valence-electron chi connectivity index (χ4n) is 3.46.